The molecule has 1 aromatic rings. The summed E-state index contributed by atoms with van der Waals surface area (Å²) < 4.78 is 7.31. The molecule has 100 valence electrons. The van der Waals surface area contributed by atoms with E-state index >= 15 is 0 Å². The quantitative estimate of drug-likeness (QED) is 0.852. The second kappa shape index (κ2) is 5.65. The number of hydrogen-bond acceptors (Lipinski definition) is 3. The summed E-state index contributed by atoms with van der Waals surface area (Å²) in [6.45, 7) is 4.49. The molecular formula is C13H18Br2N2O. The zero-order valence-electron chi connectivity index (χ0n) is 10.3. The van der Waals surface area contributed by atoms with Crippen molar-refractivity contribution in [1.29, 1.82) is 0 Å². The van der Waals surface area contributed by atoms with E-state index in [4.69, 9.17) is 4.42 Å². The van der Waals surface area contributed by atoms with Crippen LogP contribution in [0.3, 0.4) is 0 Å². The van der Waals surface area contributed by atoms with Crippen LogP contribution in [0.4, 0.5) is 0 Å². The molecule has 1 N–H and O–H groups in total. The van der Waals surface area contributed by atoms with Gasteiger partial charge in [-0.25, -0.2) is 0 Å². The largest absolute Gasteiger partial charge is 0.452 e. The van der Waals surface area contributed by atoms with Gasteiger partial charge < -0.3 is 14.6 Å². The second-order valence-corrected chi connectivity index (χ2v) is 6.92. The molecule has 0 amide bonds. The van der Waals surface area contributed by atoms with Crippen LogP contribution in [0.25, 0.3) is 0 Å². The molecule has 1 saturated carbocycles. The van der Waals surface area contributed by atoms with Gasteiger partial charge in [0.25, 0.3) is 0 Å². The number of rotatable bonds is 5. The minimum Gasteiger partial charge on any atom is -0.452 e. The van der Waals surface area contributed by atoms with Crippen LogP contribution in [0.15, 0.2) is 19.6 Å². The average molecular weight is 378 g/mol. The predicted octanol–water partition coefficient (Wildman–Crippen LogP) is 3.38. The topological polar surface area (TPSA) is 28.4 Å². The lowest BCUT2D eigenvalue weighted by Crippen LogP contribution is -2.27. The van der Waals surface area contributed by atoms with Crippen LogP contribution in [0.5, 0.6) is 0 Å². The molecule has 1 saturated heterocycles. The van der Waals surface area contributed by atoms with Crippen LogP contribution >= 0.6 is 31.9 Å². The highest BCUT2D eigenvalue weighted by molar-refractivity contribution is 9.13. The number of halogens is 2. The van der Waals surface area contributed by atoms with Gasteiger partial charge in [-0.05, 0) is 76.2 Å². The van der Waals surface area contributed by atoms with Crippen molar-refractivity contribution in [2.24, 2.45) is 5.92 Å². The molecule has 3 rings (SSSR count). The Morgan fingerprint density at radius 1 is 1.33 bits per heavy atom. The SMILES string of the molecule is Brc1cc(CNCC2CCN(C3CC3)C2)oc1Br. The van der Waals surface area contributed by atoms with Gasteiger partial charge in [0.15, 0.2) is 4.67 Å². The summed E-state index contributed by atoms with van der Waals surface area (Å²) in [5, 5.41) is 3.50. The molecule has 0 spiro atoms. The van der Waals surface area contributed by atoms with Gasteiger partial charge in [-0.2, -0.15) is 0 Å². The highest BCUT2D eigenvalue weighted by Crippen LogP contribution is 2.31. The summed E-state index contributed by atoms with van der Waals surface area (Å²) in [5.41, 5.74) is 0. The van der Waals surface area contributed by atoms with Gasteiger partial charge >= 0.3 is 0 Å². The fourth-order valence-electron chi connectivity index (χ4n) is 2.68. The molecule has 18 heavy (non-hydrogen) atoms. The van der Waals surface area contributed by atoms with Crippen molar-refractivity contribution in [2.75, 3.05) is 19.6 Å². The van der Waals surface area contributed by atoms with E-state index in [1.54, 1.807) is 0 Å². The normalized spacial score (nSPS) is 24.9. The van der Waals surface area contributed by atoms with Crippen molar-refractivity contribution in [1.82, 2.24) is 10.2 Å². The summed E-state index contributed by atoms with van der Waals surface area (Å²) in [6.07, 6.45) is 4.19. The van der Waals surface area contributed by atoms with Gasteiger partial charge in [0.1, 0.15) is 5.76 Å². The maximum Gasteiger partial charge on any atom is 0.183 e. The minimum absolute atomic E-state index is 0.778. The summed E-state index contributed by atoms with van der Waals surface area (Å²) in [6, 6.07) is 2.94. The summed E-state index contributed by atoms with van der Waals surface area (Å²) in [5.74, 6) is 1.79. The monoisotopic (exact) mass is 376 g/mol. The van der Waals surface area contributed by atoms with Gasteiger partial charge in [-0.3, -0.25) is 0 Å². The first kappa shape index (κ1) is 13.2. The molecule has 1 unspecified atom stereocenters. The average Bonchev–Trinajstić information content (AvgIpc) is 3.01. The van der Waals surface area contributed by atoms with Crippen molar-refractivity contribution < 1.29 is 4.42 Å². The van der Waals surface area contributed by atoms with Gasteiger partial charge in [-0.15, -0.1) is 0 Å². The molecule has 0 radical (unpaired) electrons. The number of hydrogen-bond donors (Lipinski definition) is 1. The van der Waals surface area contributed by atoms with Gasteiger partial charge in [-0.1, -0.05) is 0 Å². The lowest BCUT2D eigenvalue weighted by Gasteiger charge is -2.14. The minimum atomic E-state index is 0.778. The van der Waals surface area contributed by atoms with E-state index in [-0.39, 0.29) is 0 Å². The second-order valence-electron chi connectivity index (χ2n) is 5.35. The third kappa shape index (κ3) is 3.18. The predicted molar refractivity (Wildman–Crippen MR) is 78.5 cm³/mol. The Balaban J connectivity index is 1.39. The fraction of sp³-hybridized carbons (Fsp3) is 0.692. The number of furan rings is 1. The van der Waals surface area contributed by atoms with Gasteiger partial charge in [0, 0.05) is 12.6 Å². The zero-order valence-corrected chi connectivity index (χ0v) is 13.5. The van der Waals surface area contributed by atoms with E-state index in [0.29, 0.717) is 0 Å². The third-order valence-corrected chi connectivity index (χ3v) is 5.52. The molecular weight excluding hydrogens is 360 g/mol. The molecule has 1 aliphatic heterocycles. The van der Waals surface area contributed by atoms with E-state index in [0.717, 1.165) is 40.0 Å². The number of nitrogens with one attached hydrogen (secondary N) is 1. The summed E-state index contributed by atoms with van der Waals surface area (Å²) >= 11 is 6.79. The smallest absolute Gasteiger partial charge is 0.183 e. The highest BCUT2D eigenvalue weighted by atomic mass is 79.9. The Bertz CT molecular complexity index is 398. The Kier molecular flexibility index (Phi) is 4.13. The van der Waals surface area contributed by atoms with Crippen LogP contribution in [0.1, 0.15) is 25.0 Å². The molecule has 0 aromatic carbocycles. The molecule has 2 fully saturated rings. The lowest BCUT2D eigenvalue weighted by atomic mass is 10.1. The number of nitrogens with zero attached hydrogens (tertiary/aromatic N) is 1. The maximum absolute atomic E-state index is 5.55. The van der Waals surface area contributed by atoms with Crippen molar-refractivity contribution in [2.45, 2.75) is 31.8 Å². The standard InChI is InChI=1S/C13H18Br2N2O/c14-12-5-11(18-13(12)15)7-16-6-9-3-4-17(8-9)10-1-2-10/h5,9-10,16H,1-4,6-8H2. The summed E-state index contributed by atoms with van der Waals surface area (Å²) in [4.78, 5) is 2.66. The van der Waals surface area contributed by atoms with Gasteiger partial charge in [0.2, 0.25) is 0 Å². The molecule has 1 atom stereocenters. The molecule has 0 bridgehead atoms. The van der Waals surface area contributed by atoms with Gasteiger partial charge in [0.05, 0.1) is 11.0 Å². The van der Waals surface area contributed by atoms with Crippen molar-refractivity contribution in [3.05, 3.63) is 21.0 Å². The maximum atomic E-state index is 5.55. The highest BCUT2D eigenvalue weighted by Gasteiger charge is 2.33. The van der Waals surface area contributed by atoms with Crippen molar-refractivity contribution in [3.8, 4) is 0 Å². The first-order valence-electron chi connectivity index (χ1n) is 6.61. The van der Waals surface area contributed by atoms with Crippen LogP contribution in [0.2, 0.25) is 0 Å². The Morgan fingerprint density at radius 2 is 2.17 bits per heavy atom. The first-order valence-corrected chi connectivity index (χ1v) is 8.19. The van der Waals surface area contributed by atoms with Crippen LogP contribution < -0.4 is 5.32 Å². The Hall–Kier alpha value is 0.160. The van der Waals surface area contributed by atoms with Crippen LogP contribution in [0, 0.1) is 5.92 Å². The number of likely N-dealkylation sites (tertiary alicyclic amines) is 1. The van der Waals surface area contributed by atoms with Crippen LogP contribution in [-0.4, -0.2) is 30.6 Å². The first-order chi connectivity index (χ1) is 8.72. The zero-order chi connectivity index (χ0) is 12.5. The molecule has 5 heteroatoms. The molecule has 1 aliphatic carbocycles. The van der Waals surface area contributed by atoms with E-state index in [1.165, 1.54) is 32.4 Å². The van der Waals surface area contributed by atoms with E-state index in [1.807, 2.05) is 6.07 Å². The van der Waals surface area contributed by atoms with Crippen molar-refractivity contribution in [3.63, 3.8) is 0 Å². The Labute approximate surface area is 125 Å². The molecule has 3 nitrogen and oxygen atoms in total. The third-order valence-electron chi connectivity index (χ3n) is 3.81. The van der Waals surface area contributed by atoms with E-state index in [2.05, 4.69) is 42.1 Å². The molecule has 2 heterocycles. The summed E-state index contributed by atoms with van der Waals surface area (Å²) in [7, 11) is 0. The molecule has 1 aromatic heterocycles. The van der Waals surface area contributed by atoms with Crippen molar-refractivity contribution >= 4 is 31.9 Å². The fourth-order valence-corrected chi connectivity index (χ4v) is 3.34. The lowest BCUT2D eigenvalue weighted by molar-refractivity contribution is 0.311. The molecule has 2 aliphatic rings. The van der Waals surface area contributed by atoms with Crippen LogP contribution in [-0.2, 0) is 6.54 Å². The van der Waals surface area contributed by atoms with E-state index in [9.17, 15) is 0 Å². The van der Waals surface area contributed by atoms with E-state index < -0.39 is 0 Å². The Morgan fingerprint density at radius 3 is 2.83 bits per heavy atom.